The van der Waals surface area contributed by atoms with Crippen LogP contribution in [-0.4, -0.2) is 38.9 Å². The Morgan fingerprint density at radius 1 is 1.11 bits per heavy atom. The van der Waals surface area contributed by atoms with Crippen LogP contribution in [0, 0.1) is 5.92 Å². The summed E-state index contributed by atoms with van der Waals surface area (Å²) in [5.41, 5.74) is 0.469. The predicted octanol–water partition coefficient (Wildman–Crippen LogP) is 2.37. The molecule has 1 aliphatic carbocycles. The number of amides is 2. The molecule has 3 aromatic heterocycles. The minimum Gasteiger partial charge on any atom is -0.506 e. The summed E-state index contributed by atoms with van der Waals surface area (Å²) in [6.07, 6.45) is 7.54. The van der Waals surface area contributed by atoms with Crippen LogP contribution in [-0.2, 0) is 4.79 Å². The molecule has 0 unspecified atom stereocenters. The van der Waals surface area contributed by atoms with Gasteiger partial charge in [-0.05, 0) is 18.9 Å². The van der Waals surface area contributed by atoms with Crippen molar-refractivity contribution in [3.8, 4) is 5.75 Å². The third kappa shape index (κ3) is 3.41. The molecule has 3 aromatic rings. The Morgan fingerprint density at radius 2 is 1.93 bits per heavy atom. The van der Waals surface area contributed by atoms with Gasteiger partial charge in [0.05, 0.1) is 11.8 Å². The summed E-state index contributed by atoms with van der Waals surface area (Å²) in [5.74, 6) is 0.347. The number of rotatable bonds is 5. The van der Waals surface area contributed by atoms with Crippen molar-refractivity contribution in [2.24, 2.45) is 5.92 Å². The van der Waals surface area contributed by atoms with E-state index >= 15 is 0 Å². The molecule has 0 aromatic carbocycles. The van der Waals surface area contributed by atoms with Crippen molar-refractivity contribution in [2.75, 3.05) is 23.0 Å². The van der Waals surface area contributed by atoms with Gasteiger partial charge in [0.2, 0.25) is 5.91 Å². The van der Waals surface area contributed by atoms with Crippen LogP contribution in [0.2, 0.25) is 0 Å². The zero-order valence-electron chi connectivity index (χ0n) is 15.1. The Hall–Kier alpha value is -3.75. The van der Waals surface area contributed by atoms with Gasteiger partial charge < -0.3 is 21.1 Å². The molecule has 0 atom stereocenters. The van der Waals surface area contributed by atoms with E-state index in [9.17, 15) is 14.7 Å². The number of aromatic nitrogens is 3. The number of pyridine rings is 3. The highest BCUT2D eigenvalue weighted by Gasteiger charge is 2.30. The molecule has 2 amide bonds. The molecule has 0 radical (unpaired) electrons. The van der Waals surface area contributed by atoms with Gasteiger partial charge in [-0.3, -0.25) is 14.6 Å². The van der Waals surface area contributed by atoms with Crippen molar-refractivity contribution < 1.29 is 14.7 Å². The van der Waals surface area contributed by atoms with E-state index < -0.39 is 5.91 Å². The maximum Gasteiger partial charge on any atom is 0.258 e. The number of nitrogens with zero attached hydrogens (tertiary/aromatic N) is 3. The van der Waals surface area contributed by atoms with E-state index in [1.807, 2.05) is 0 Å². The lowest BCUT2D eigenvalue weighted by molar-refractivity contribution is -0.117. The number of carbonyl (C=O) groups is 2. The van der Waals surface area contributed by atoms with Crippen molar-refractivity contribution >= 4 is 39.9 Å². The minimum absolute atomic E-state index is 0.0409. The van der Waals surface area contributed by atoms with Gasteiger partial charge in [-0.25, -0.2) is 9.97 Å². The molecule has 3 heterocycles. The van der Waals surface area contributed by atoms with Gasteiger partial charge in [0.1, 0.15) is 23.1 Å². The van der Waals surface area contributed by atoms with E-state index in [0.717, 1.165) is 12.8 Å². The van der Waals surface area contributed by atoms with Crippen LogP contribution in [0.5, 0.6) is 5.75 Å². The molecular formula is C19H18N6O3. The van der Waals surface area contributed by atoms with Crippen molar-refractivity contribution in [3.63, 3.8) is 0 Å². The number of nitrogens with one attached hydrogen (secondary N) is 3. The van der Waals surface area contributed by atoms with Crippen LogP contribution >= 0.6 is 0 Å². The molecule has 4 N–H and O–H groups in total. The molecule has 0 spiro atoms. The second kappa shape index (κ2) is 7.10. The molecule has 4 rings (SSSR count). The second-order valence-corrected chi connectivity index (χ2v) is 6.50. The normalized spacial score (nSPS) is 13.2. The summed E-state index contributed by atoms with van der Waals surface area (Å²) in [4.78, 5) is 37.3. The number of hydrogen-bond acceptors (Lipinski definition) is 7. The molecule has 1 fully saturated rings. The summed E-state index contributed by atoms with van der Waals surface area (Å²) >= 11 is 0. The maximum atomic E-state index is 12.8. The highest BCUT2D eigenvalue weighted by molar-refractivity contribution is 6.15. The highest BCUT2D eigenvalue weighted by atomic mass is 16.3. The Bertz CT molecular complexity index is 1080. The van der Waals surface area contributed by atoms with E-state index in [1.165, 1.54) is 24.7 Å². The summed E-state index contributed by atoms with van der Waals surface area (Å²) in [7, 11) is 1.72. The maximum absolute atomic E-state index is 12.8. The first-order valence-corrected chi connectivity index (χ1v) is 8.78. The van der Waals surface area contributed by atoms with Crippen molar-refractivity contribution in [1.29, 1.82) is 0 Å². The lowest BCUT2D eigenvalue weighted by Crippen LogP contribution is -2.16. The monoisotopic (exact) mass is 378 g/mol. The van der Waals surface area contributed by atoms with E-state index in [0.29, 0.717) is 22.4 Å². The molecule has 0 aliphatic heterocycles. The van der Waals surface area contributed by atoms with Crippen molar-refractivity contribution in [3.05, 3.63) is 42.5 Å². The second-order valence-electron chi connectivity index (χ2n) is 6.50. The Labute approximate surface area is 160 Å². The molecule has 0 bridgehead atoms. The zero-order chi connectivity index (χ0) is 19.7. The fourth-order valence-corrected chi connectivity index (χ4v) is 2.83. The van der Waals surface area contributed by atoms with Gasteiger partial charge >= 0.3 is 0 Å². The fourth-order valence-electron chi connectivity index (χ4n) is 2.83. The van der Waals surface area contributed by atoms with Crippen LogP contribution in [0.3, 0.4) is 0 Å². The molecule has 9 nitrogen and oxygen atoms in total. The van der Waals surface area contributed by atoms with Crippen molar-refractivity contribution in [2.45, 2.75) is 12.8 Å². The lowest BCUT2D eigenvalue weighted by Gasteiger charge is -2.12. The Morgan fingerprint density at radius 3 is 2.64 bits per heavy atom. The molecule has 1 aliphatic rings. The van der Waals surface area contributed by atoms with Gasteiger partial charge in [0, 0.05) is 48.4 Å². The lowest BCUT2D eigenvalue weighted by atomic mass is 10.1. The smallest absolute Gasteiger partial charge is 0.258 e. The zero-order valence-corrected chi connectivity index (χ0v) is 15.1. The van der Waals surface area contributed by atoms with E-state index in [4.69, 9.17) is 0 Å². The SMILES string of the molecule is CNc1ncc(C(=O)Nc2cnccc2O)c2cc(NC(=O)C3CC3)ncc12. The van der Waals surface area contributed by atoms with Crippen LogP contribution in [0.25, 0.3) is 10.8 Å². The number of carbonyl (C=O) groups excluding carboxylic acids is 2. The van der Waals surface area contributed by atoms with Gasteiger partial charge in [0.25, 0.3) is 5.91 Å². The number of aromatic hydroxyl groups is 1. The highest BCUT2D eigenvalue weighted by Crippen LogP contribution is 2.31. The summed E-state index contributed by atoms with van der Waals surface area (Å²) in [6.45, 7) is 0. The van der Waals surface area contributed by atoms with Crippen LogP contribution in [0.15, 0.2) is 36.9 Å². The number of fused-ring (bicyclic) bond motifs is 1. The van der Waals surface area contributed by atoms with Gasteiger partial charge in [0.15, 0.2) is 0 Å². The average Bonchev–Trinajstić information content (AvgIpc) is 3.54. The van der Waals surface area contributed by atoms with Crippen molar-refractivity contribution in [1.82, 2.24) is 15.0 Å². The first-order chi connectivity index (χ1) is 13.6. The molecule has 28 heavy (non-hydrogen) atoms. The third-order valence-electron chi connectivity index (χ3n) is 4.50. The topological polar surface area (TPSA) is 129 Å². The van der Waals surface area contributed by atoms with Crippen LogP contribution in [0.1, 0.15) is 23.2 Å². The predicted molar refractivity (Wildman–Crippen MR) is 104 cm³/mol. The molecule has 1 saturated carbocycles. The average molecular weight is 378 g/mol. The van der Waals surface area contributed by atoms with E-state index in [2.05, 4.69) is 30.9 Å². The van der Waals surface area contributed by atoms with E-state index in [1.54, 1.807) is 19.3 Å². The quantitative estimate of drug-likeness (QED) is 0.536. The standard InChI is InChI=1S/C19H18N6O3/c1-20-17-12-7-22-16(25-18(27)10-2-3-10)6-11(12)13(8-23-17)19(28)24-14-9-21-5-4-15(14)26/h4-10H,2-3H2,1H3,(H,20,23)(H,21,26)(H,24,28)(H,22,25,27). The fraction of sp³-hybridized carbons (Fsp3) is 0.211. The van der Waals surface area contributed by atoms with E-state index in [-0.39, 0.29) is 28.8 Å². The van der Waals surface area contributed by atoms with Crippen LogP contribution in [0.4, 0.5) is 17.3 Å². The summed E-state index contributed by atoms with van der Waals surface area (Å²) < 4.78 is 0. The molecule has 142 valence electrons. The van der Waals surface area contributed by atoms with Gasteiger partial charge in [-0.2, -0.15) is 0 Å². The first kappa shape index (κ1) is 17.7. The van der Waals surface area contributed by atoms with Gasteiger partial charge in [-0.1, -0.05) is 0 Å². The summed E-state index contributed by atoms with van der Waals surface area (Å²) in [5, 5.41) is 19.4. The summed E-state index contributed by atoms with van der Waals surface area (Å²) in [6, 6.07) is 3.03. The first-order valence-electron chi connectivity index (χ1n) is 8.78. The Balaban J connectivity index is 1.72. The van der Waals surface area contributed by atoms with Gasteiger partial charge in [-0.15, -0.1) is 0 Å². The Kier molecular flexibility index (Phi) is 4.48. The number of hydrogen-bond donors (Lipinski definition) is 4. The largest absolute Gasteiger partial charge is 0.506 e. The molecule has 0 saturated heterocycles. The molecular weight excluding hydrogens is 360 g/mol. The van der Waals surface area contributed by atoms with Crippen LogP contribution < -0.4 is 16.0 Å². The third-order valence-corrected chi connectivity index (χ3v) is 4.50. The minimum atomic E-state index is -0.464. The number of anilines is 3. The molecule has 9 heteroatoms.